The molecule has 1 heterocycles. The molecule has 1 saturated heterocycles. The summed E-state index contributed by atoms with van der Waals surface area (Å²) in [6.45, 7) is 10.7. The van der Waals surface area contributed by atoms with Crippen LogP contribution in [0.4, 0.5) is 0 Å². The molecule has 0 aliphatic carbocycles. The van der Waals surface area contributed by atoms with Gasteiger partial charge in [0.2, 0.25) is 0 Å². The molecule has 2 rings (SSSR count). The molecule has 27 heavy (non-hydrogen) atoms. The molecule has 0 bridgehead atoms. The highest BCUT2D eigenvalue weighted by Crippen LogP contribution is 2.48. The number of esters is 1. The maximum absolute atomic E-state index is 12.2. The zero-order valence-electron chi connectivity index (χ0n) is 17.2. The van der Waals surface area contributed by atoms with Crippen LogP contribution >= 0.6 is 0 Å². The zero-order chi connectivity index (χ0) is 20.4. The maximum Gasteiger partial charge on any atom is 0.335 e. The summed E-state index contributed by atoms with van der Waals surface area (Å²) in [7, 11) is 1.57. The number of nitrogens with zero attached hydrogens (tertiary/aromatic N) is 1. The SMILES string of the molecule is CCOC(=O)CN1C(C)(C)CCC(c2cc(OC)ccc2C(=O)O)C1(C)C. The number of benzene rings is 1. The van der Waals surface area contributed by atoms with Crippen LogP contribution in [0.15, 0.2) is 18.2 Å². The Morgan fingerprint density at radius 1 is 1.26 bits per heavy atom. The lowest BCUT2D eigenvalue weighted by molar-refractivity contribution is -0.151. The van der Waals surface area contributed by atoms with Gasteiger partial charge in [0.1, 0.15) is 5.75 Å². The van der Waals surface area contributed by atoms with Crippen LogP contribution in [0.1, 0.15) is 69.3 Å². The van der Waals surface area contributed by atoms with E-state index in [1.54, 1.807) is 26.2 Å². The van der Waals surface area contributed by atoms with Crippen molar-refractivity contribution in [2.45, 2.75) is 64.5 Å². The lowest BCUT2D eigenvalue weighted by atomic mass is 9.68. The number of piperidine rings is 1. The van der Waals surface area contributed by atoms with Crippen molar-refractivity contribution in [1.29, 1.82) is 0 Å². The van der Waals surface area contributed by atoms with Crippen molar-refractivity contribution in [3.8, 4) is 5.75 Å². The van der Waals surface area contributed by atoms with Gasteiger partial charge in [-0.2, -0.15) is 0 Å². The van der Waals surface area contributed by atoms with Crippen molar-refractivity contribution in [3.05, 3.63) is 29.3 Å². The molecule has 1 N–H and O–H groups in total. The minimum Gasteiger partial charge on any atom is -0.497 e. The van der Waals surface area contributed by atoms with Gasteiger partial charge in [-0.05, 0) is 71.2 Å². The first-order valence-corrected chi connectivity index (χ1v) is 9.39. The molecule has 1 atom stereocenters. The molecule has 1 aliphatic rings. The van der Waals surface area contributed by atoms with Crippen LogP contribution in [0.25, 0.3) is 0 Å². The Kier molecular flexibility index (Phi) is 6.20. The Morgan fingerprint density at radius 2 is 1.93 bits per heavy atom. The minimum atomic E-state index is -0.953. The van der Waals surface area contributed by atoms with Crippen molar-refractivity contribution < 1.29 is 24.2 Å². The van der Waals surface area contributed by atoms with Crippen LogP contribution < -0.4 is 4.74 Å². The second-order valence-electron chi connectivity index (χ2n) is 8.21. The second-order valence-corrected chi connectivity index (χ2v) is 8.21. The van der Waals surface area contributed by atoms with E-state index in [0.717, 1.165) is 18.4 Å². The normalized spacial score (nSPS) is 21.5. The predicted octanol–water partition coefficient (Wildman–Crippen LogP) is 3.69. The van der Waals surface area contributed by atoms with Crippen molar-refractivity contribution >= 4 is 11.9 Å². The summed E-state index contributed by atoms with van der Waals surface area (Å²) in [6, 6.07) is 5.09. The molecular weight excluding hydrogens is 346 g/mol. The number of ether oxygens (including phenoxy) is 2. The largest absolute Gasteiger partial charge is 0.497 e. The standard InChI is InChI=1S/C21H31NO5/c1-7-27-18(23)13-22-20(2,3)11-10-17(21(22,4)5)16-12-14(26-6)8-9-15(16)19(24)25/h8-9,12,17H,7,10-11,13H2,1-6H3,(H,24,25). The van der Waals surface area contributed by atoms with E-state index in [1.165, 1.54) is 0 Å². The van der Waals surface area contributed by atoms with Crippen molar-refractivity contribution in [1.82, 2.24) is 4.90 Å². The maximum atomic E-state index is 12.2. The van der Waals surface area contributed by atoms with E-state index in [9.17, 15) is 14.7 Å². The number of rotatable bonds is 6. The number of hydrogen-bond donors (Lipinski definition) is 1. The molecule has 0 spiro atoms. The molecule has 0 radical (unpaired) electrons. The van der Waals surface area contributed by atoms with E-state index in [0.29, 0.717) is 12.4 Å². The predicted molar refractivity (Wildman–Crippen MR) is 103 cm³/mol. The molecule has 1 aromatic rings. The van der Waals surface area contributed by atoms with Crippen LogP contribution in [0.2, 0.25) is 0 Å². The third kappa shape index (κ3) is 4.26. The van der Waals surface area contributed by atoms with E-state index < -0.39 is 11.5 Å². The van der Waals surface area contributed by atoms with Gasteiger partial charge >= 0.3 is 11.9 Å². The molecule has 1 aromatic carbocycles. The number of hydrogen-bond acceptors (Lipinski definition) is 5. The van der Waals surface area contributed by atoms with Crippen LogP contribution in [0, 0.1) is 0 Å². The van der Waals surface area contributed by atoms with Gasteiger partial charge in [0.25, 0.3) is 0 Å². The van der Waals surface area contributed by atoms with Gasteiger partial charge in [0, 0.05) is 17.0 Å². The number of carbonyl (C=O) groups excluding carboxylic acids is 1. The molecule has 6 heteroatoms. The summed E-state index contributed by atoms with van der Waals surface area (Å²) < 4.78 is 10.5. The first-order valence-electron chi connectivity index (χ1n) is 9.39. The molecule has 1 unspecified atom stereocenters. The summed E-state index contributed by atoms with van der Waals surface area (Å²) >= 11 is 0. The Bertz CT molecular complexity index is 711. The van der Waals surface area contributed by atoms with Gasteiger partial charge < -0.3 is 14.6 Å². The number of aromatic carboxylic acids is 1. The Labute approximate surface area is 161 Å². The average Bonchev–Trinajstić information content (AvgIpc) is 2.58. The zero-order valence-corrected chi connectivity index (χ0v) is 17.2. The Hall–Kier alpha value is -2.08. The lowest BCUT2D eigenvalue weighted by Gasteiger charge is -2.56. The molecule has 1 aliphatic heterocycles. The fourth-order valence-corrected chi connectivity index (χ4v) is 4.39. The summed E-state index contributed by atoms with van der Waals surface area (Å²) in [5, 5.41) is 9.69. The monoisotopic (exact) mass is 377 g/mol. The van der Waals surface area contributed by atoms with Gasteiger partial charge in [0.15, 0.2) is 0 Å². The third-order valence-electron chi connectivity index (χ3n) is 5.78. The fraction of sp³-hybridized carbons (Fsp3) is 0.619. The molecule has 6 nitrogen and oxygen atoms in total. The number of carboxylic acid groups (broad SMARTS) is 1. The number of carboxylic acids is 1. The van der Waals surface area contributed by atoms with Gasteiger partial charge in [0.05, 0.1) is 25.8 Å². The van der Waals surface area contributed by atoms with E-state index in [4.69, 9.17) is 9.47 Å². The van der Waals surface area contributed by atoms with Crippen LogP contribution in [0.5, 0.6) is 5.75 Å². The van der Waals surface area contributed by atoms with E-state index in [-0.39, 0.29) is 29.5 Å². The molecule has 1 fully saturated rings. The highest BCUT2D eigenvalue weighted by Gasteiger charge is 2.49. The van der Waals surface area contributed by atoms with Crippen LogP contribution in [-0.4, -0.2) is 53.3 Å². The first-order chi connectivity index (χ1) is 12.5. The van der Waals surface area contributed by atoms with E-state index in [2.05, 4.69) is 32.6 Å². The summed E-state index contributed by atoms with van der Waals surface area (Å²) in [5.74, 6) is -0.637. The smallest absolute Gasteiger partial charge is 0.335 e. The number of methoxy groups -OCH3 is 1. The molecular formula is C21H31NO5. The van der Waals surface area contributed by atoms with Crippen LogP contribution in [0.3, 0.4) is 0 Å². The van der Waals surface area contributed by atoms with Crippen molar-refractivity contribution in [2.24, 2.45) is 0 Å². The summed E-state index contributed by atoms with van der Waals surface area (Å²) in [4.78, 5) is 26.2. The quantitative estimate of drug-likeness (QED) is 0.762. The Balaban J connectivity index is 2.49. The van der Waals surface area contributed by atoms with Gasteiger partial charge in [-0.25, -0.2) is 4.79 Å². The first kappa shape index (κ1) is 21.2. The third-order valence-corrected chi connectivity index (χ3v) is 5.78. The second kappa shape index (κ2) is 7.89. The summed E-state index contributed by atoms with van der Waals surface area (Å²) in [6.07, 6.45) is 1.67. The Morgan fingerprint density at radius 3 is 2.48 bits per heavy atom. The molecule has 0 aromatic heterocycles. The number of likely N-dealkylation sites (tertiary alicyclic amines) is 1. The highest BCUT2D eigenvalue weighted by atomic mass is 16.5. The summed E-state index contributed by atoms with van der Waals surface area (Å²) in [5.41, 5.74) is 0.390. The molecule has 0 saturated carbocycles. The minimum absolute atomic E-state index is 0.0545. The van der Waals surface area contributed by atoms with Crippen molar-refractivity contribution in [2.75, 3.05) is 20.3 Å². The molecule has 150 valence electrons. The fourth-order valence-electron chi connectivity index (χ4n) is 4.39. The van der Waals surface area contributed by atoms with Gasteiger partial charge in [-0.3, -0.25) is 9.69 Å². The molecule has 0 amide bonds. The number of carbonyl (C=O) groups is 2. The van der Waals surface area contributed by atoms with E-state index >= 15 is 0 Å². The van der Waals surface area contributed by atoms with Crippen molar-refractivity contribution in [3.63, 3.8) is 0 Å². The van der Waals surface area contributed by atoms with Gasteiger partial charge in [-0.1, -0.05) is 0 Å². The lowest BCUT2D eigenvalue weighted by Crippen LogP contribution is -2.63. The van der Waals surface area contributed by atoms with Crippen LogP contribution in [-0.2, 0) is 9.53 Å². The average molecular weight is 377 g/mol. The highest BCUT2D eigenvalue weighted by molar-refractivity contribution is 5.90. The van der Waals surface area contributed by atoms with Gasteiger partial charge in [-0.15, -0.1) is 0 Å². The topological polar surface area (TPSA) is 76.1 Å². The van der Waals surface area contributed by atoms with E-state index in [1.807, 2.05) is 6.07 Å².